The minimum atomic E-state index is 0.921. The lowest BCUT2D eigenvalue weighted by Crippen LogP contribution is -2.29. The molecule has 0 aromatic heterocycles. The third kappa shape index (κ3) is 0.436. The summed E-state index contributed by atoms with van der Waals surface area (Å²) in [4.78, 5) is 0. The number of hydrogen-bond donors (Lipinski definition) is 0. The van der Waals surface area contributed by atoms with Crippen LogP contribution in [-0.4, -0.2) is 0 Å². The van der Waals surface area contributed by atoms with E-state index in [4.69, 9.17) is 0 Å². The summed E-state index contributed by atoms with van der Waals surface area (Å²) >= 11 is 0. The minimum absolute atomic E-state index is 0.921. The third-order valence-electron chi connectivity index (χ3n) is 4.59. The molecule has 0 aromatic carbocycles. The average molecular weight is 136 g/mol. The first-order valence-corrected chi connectivity index (χ1v) is 4.83. The Morgan fingerprint density at radius 1 is 1.20 bits per heavy atom. The number of hydrogen-bond acceptors (Lipinski definition) is 0. The summed E-state index contributed by atoms with van der Waals surface area (Å²) in [6, 6.07) is 0. The first kappa shape index (κ1) is 5.62. The normalized spacial score (nSPS) is 54.3. The lowest BCUT2D eigenvalue weighted by Gasteiger charge is -2.41. The first-order valence-electron chi connectivity index (χ1n) is 4.83. The molecule has 0 bridgehead atoms. The van der Waals surface area contributed by atoms with E-state index in [0.717, 1.165) is 11.3 Å². The fourth-order valence-electron chi connectivity index (χ4n) is 3.83. The highest BCUT2D eigenvalue weighted by Gasteiger charge is 2.64. The third-order valence-corrected chi connectivity index (χ3v) is 4.59. The van der Waals surface area contributed by atoms with E-state index in [1.165, 1.54) is 18.3 Å². The van der Waals surface area contributed by atoms with Crippen molar-refractivity contribution in [1.29, 1.82) is 0 Å². The van der Waals surface area contributed by atoms with Gasteiger partial charge in [-0.3, -0.25) is 0 Å². The monoisotopic (exact) mass is 136 g/mol. The maximum absolute atomic E-state index is 2.47. The van der Waals surface area contributed by atoms with Gasteiger partial charge in [-0.2, -0.15) is 0 Å². The molecule has 3 aliphatic rings. The highest BCUT2D eigenvalue weighted by Crippen LogP contribution is 2.72. The van der Waals surface area contributed by atoms with Gasteiger partial charge < -0.3 is 0 Å². The van der Waals surface area contributed by atoms with Gasteiger partial charge in [-0.05, 0) is 48.9 Å². The van der Waals surface area contributed by atoms with Crippen LogP contribution in [0, 0.1) is 23.2 Å². The quantitative estimate of drug-likeness (QED) is 0.480. The second kappa shape index (κ2) is 1.44. The Bertz CT molecular complexity index is 167. The maximum Gasteiger partial charge on any atom is -0.0264 e. The molecule has 0 heteroatoms. The van der Waals surface area contributed by atoms with Crippen molar-refractivity contribution in [2.75, 3.05) is 0 Å². The molecule has 0 radical (unpaired) electrons. The van der Waals surface area contributed by atoms with Crippen molar-refractivity contribution in [3.63, 3.8) is 0 Å². The average Bonchev–Trinajstić information content (AvgIpc) is 2.42. The largest absolute Gasteiger partial charge is 0.0619 e. The molecule has 3 saturated carbocycles. The summed E-state index contributed by atoms with van der Waals surface area (Å²) < 4.78 is 0. The Balaban J connectivity index is 1.87. The maximum atomic E-state index is 2.47. The Morgan fingerprint density at radius 2 is 2.00 bits per heavy atom. The summed E-state index contributed by atoms with van der Waals surface area (Å²) in [5, 5.41) is 0. The van der Waals surface area contributed by atoms with Crippen molar-refractivity contribution in [2.24, 2.45) is 23.2 Å². The molecule has 3 unspecified atom stereocenters. The van der Waals surface area contributed by atoms with Crippen LogP contribution in [0.1, 0.15) is 39.0 Å². The van der Waals surface area contributed by atoms with Gasteiger partial charge in [0, 0.05) is 0 Å². The molecule has 10 heavy (non-hydrogen) atoms. The van der Waals surface area contributed by atoms with Gasteiger partial charge in [0.15, 0.2) is 0 Å². The predicted octanol–water partition coefficient (Wildman–Crippen LogP) is 2.83. The van der Waals surface area contributed by atoms with Crippen molar-refractivity contribution in [3.05, 3.63) is 0 Å². The summed E-state index contributed by atoms with van der Waals surface area (Å²) in [6.07, 6.45) is 7.87. The van der Waals surface area contributed by atoms with Gasteiger partial charge in [0.05, 0.1) is 0 Å². The van der Waals surface area contributed by atoms with Crippen LogP contribution in [0.25, 0.3) is 0 Å². The Morgan fingerprint density at radius 3 is 2.30 bits per heavy atom. The van der Waals surface area contributed by atoms with E-state index in [0.29, 0.717) is 0 Å². The summed E-state index contributed by atoms with van der Waals surface area (Å²) in [5.41, 5.74) is 0.921. The van der Waals surface area contributed by atoms with Gasteiger partial charge in [0.2, 0.25) is 0 Å². The van der Waals surface area contributed by atoms with Crippen molar-refractivity contribution in [2.45, 2.75) is 39.0 Å². The van der Waals surface area contributed by atoms with Crippen LogP contribution in [-0.2, 0) is 0 Å². The first-order chi connectivity index (χ1) is 4.83. The molecule has 0 N–H and O–H groups in total. The minimum Gasteiger partial charge on any atom is -0.0619 e. The molecule has 0 saturated heterocycles. The van der Waals surface area contributed by atoms with Crippen LogP contribution >= 0.6 is 0 Å². The van der Waals surface area contributed by atoms with E-state index in [2.05, 4.69) is 6.92 Å². The fraction of sp³-hybridized carbons (Fsp3) is 1.00. The zero-order chi connectivity index (χ0) is 6.77. The number of rotatable bonds is 0. The molecule has 3 aliphatic carbocycles. The van der Waals surface area contributed by atoms with Crippen molar-refractivity contribution >= 4 is 0 Å². The fourth-order valence-corrected chi connectivity index (χ4v) is 3.83. The van der Waals surface area contributed by atoms with E-state index >= 15 is 0 Å². The summed E-state index contributed by atoms with van der Waals surface area (Å²) in [7, 11) is 0. The van der Waals surface area contributed by atoms with Gasteiger partial charge in [0.25, 0.3) is 0 Å². The highest BCUT2D eigenvalue weighted by molar-refractivity contribution is 5.13. The molecule has 3 rings (SSSR count). The Kier molecular flexibility index (Phi) is 0.810. The van der Waals surface area contributed by atoms with Gasteiger partial charge in [-0.15, -0.1) is 0 Å². The summed E-state index contributed by atoms with van der Waals surface area (Å²) in [5.74, 6) is 3.50. The SMILES string of the molecule is CC1C2CCC3(CCC3)C12. The van der Waals surface area contributed by atoms with Crippen LogP contribution < -0.4 is 0 Å². The van der Waals surface area contributed by atoms with Gasteiger partial charge in [-0.25, -0.2) is 0 Å². The van der Waals surface area contributed by atoms with Crippen LogP contribution in [0.3, 0.4) is 0 Å². The van der Waals surface area contributed by atoms with E-state index in [9.17, 15) is 0 Å². The van der Waals surface area contributed by atoms with Crippen molar-refractivity contribution < 1.29 is 0 Å². The van der Waals surface area contributed by atoms with E-state index < -0.39 is 0 Å². The number of fused-ring (bicyclic) bond motifs is 2. The highest BCUT2D eigenvalue weighted by atomic mass is 14.7. The van der Waals surface area contributed by atoms with Gasteiger partial charge in [-0.1, -0.05) is 13.3 Å². The molecular weight excluding hydrogens is 120 g/mol. The van der Waals surface area contributed by atoms with Crippen molar-refractivity contribution in [3.8, 4) is 0 Å². The molecule has 0 aliphatic heterocycles. The zero-order valence-electron chi connectivity index (χ0n) is 6.77. The zero-order valence-corrected chi connectivity index (χ0v) is 6.77. The second-order valence-corrected chi connectivity index (χ2v) is 4.80. The van der Waals surface area contributed by atoms with Crippen LogP contribution in [0.4, 0.5) is 0 Å². The van der Waals surface area contributed by atoms with Gasteiger partial charge in [0.1, 0.15) is 0 Å². The predicted molar refractivity (Wildman–Crippen MR) is 41.7 cm³/mol. The van der Waals surface area contributed by atoms with Crippen LogP contribution in [0.15, 0.2) is 0 Å². The molecule has 0 amide bonds. The molecule has 3 atom stereocenters. The Labute approximate surface area is 63.0 Å². The molecular formula is C10H16. The molecule has 1 spiro atoms. The van der Waals surface area contributed by atoms with Crippen LogP contribution in [0.2, 0.25) is 0 Å². The lowest BCUT2D eigenvalue weighted by atomic mass is 9.64. The molecule has 0 aromatic rings. The standard InChI is InChI=1S/C10H16/c1-7-8-3-6-10(9(7)8)4-2-5-10/h7-9H,2-6H2,1H3. The topological polar surface area (TPSA) is 0 Å². The molecule has 56 valence electrons. The van der Waals surface area contributed by atoms with Crippen molar-refractivity contribution in [1.82, 2.24) is 0 Å². The van der Waals surface area contributed by atoms with E-state index in [-0.39, 0.29) is 0 Å². The summed E-state index contributed by atoms with van der Waals surface area (Å²) in [6.45, 7) is 2.47. The van der Waals surface area contributed by atoms with E-state index in [1.807, 2.05) is 0 Å². The molecule has 0 nitrogen and oxygen atoms in total. The second-order valence-electron chi connectivity index (χ2n) is 4.80. The van der Waals surface area contributed by atoms with Gasteiger partial charge >= 0.3 is 0 Å². The smallest absolute Gasteiger partial charge is 0.0264 e. The van der Waals surface area contributed by atoms with Crippen LogP contribution in [0.5, 0.6) is 0 Å². The Hall–Kier alpha value is 0. The van der Waals surface area contributed by atoms with E-state index in [1.54, 1.807) is 25.7 Å². The molecule has 3 fully saturated rings. The lowest BCUT2D eigenvalue weighted by molar-refractivity contribution is 0.102. The molecule has 0 heterocycles.